The number of carbonyl (C=O) groups excluding carboxylic acids is 1. The highest BCUT2D eigenvalue weighted by atomic mass is 16.7. The van der Waals surface area contributed by atoms with Crippen molar-refractivity contribution in [2.75, 3.05) is 33.0 Å². The molecule has 0 aromatic rings. The molecule has 2 aliphatic heterocycles. The molecule has 0 amide bonds. The highest BCUT2D eigenvalue weighted by Gasteiger charge is 2.47. The van der Waals surface area contributed by atoms with Crippen molar-refractivity contribution in [1.29, 1.82) is 0 Å². The minimum Gasteiger partial charge on any atom is -0.457 e. The van der Waals surface area contributed by atoms with Crippen LogP contribution in [0.15, 0.2) is 48.6 Å². The second-order valence-corrected chi connectivity index (χ2v) is 18.7. The molecular formula is C54H96O14. The summed E-state index contributed by atoms with van der Waals surface area (Å²) < 4.78 is 34.2. The number of ether oxygens (including phenoxy) is 6. The van der Waals surface area contributed by atoms with Gasteiger partial charge in [0, 0.05) is 13.0 Å². The summed E-state index contributed by atoms with van der Waals surface area (Å²) in [5.41, 5.74) is 0. The molecule has 0 radical (unpaired) electrons. The van der Waals surface area contributed by atoms with Gasteiger partial charge in [0.1, 0.15) is 54.9 Å². The fraction of sp³-hybridized carbons (Fsp3) is 0.833. The van der Waals surface area contributed by atoms with E-state index in [1.54, 1.807) is 0 Å². The first-order valence-electron chi connectivity index (χ1n) is 26.7. The van der Waals surface area contributed by atoms with Gasteiger partial charge < -0.3 is 64.2 Å². The lowest BCUT2D eigenvalue weighted by molar-refractivity contribution is -0.332. The van der Waals surface area contributed by atoms with Crippen LogP contribution in [0, 0.1) is 0 Å². The van der Waals surface area contributed by atoms with Crippen molar-refractivity contribution in [3.8, 4) is 0 Å². The van der Waals surface area contributed by atoms with Crippen molar-refractivity contribution in [3.05, 3.63) is 48.6 Å². The van der Waals surface area contributed by atoms with Gasteiger partial charge in [-0.25, -0.2) is 0 Å². The first-order valence-corrected chi connectivity index (χ1v) is 26.7. The van der Waals surface area contributed by atoms with Crippen LogP contribution in [0.1, 0.15) is 187 Å². The number of aliphatic hydroxyl groups is 7. The van der Waals surface area contributed by atoms with Crippen molar-refractivity contribution < 1.29 is 69.0 Å². The molecule has 2 saturated heterocycles. The molecule has 14 heteroatoms. The van der Waals surface area contributed by atoms with E-state index in [9.17, 15) is 40.5 Å². The molecule has 0 aromatic carbocycles. The number of unbranched alkanes of at least 4 members (excludes halogenated alkanes) is 20. The van der Waals surface area contributed by atoms with E-state index >= 15 is 0 Å². The Kier molecular flexibility index (Phi) is 37.9. The number of aliphatic hydroxyl groups excluding tert-OH is 7. The van der Waals surface area contributed by atoms with Gasteiger partial charge in [-0.2, -0.15) is 0 Å². The van der Waals surface area contributed by atoms with Crippen LogP contribution in [-0.2, 0) is 33.2 Å². The smallest absolute Gasteiger partial charge is 0.306 e. The van der Waals surface area contributed by atoms with E-state index in [0.717, 1.165) is 57.8 Å². The van der Waals surface area contributed by atoms with E-state index < -0.39 is 86.7 Å². The molecule has 0 saturated carbocycles. The summed E-state index contributed by atoms with van der Waals surface area (Å²) in [7, 11) is 0. The second-order valence-electron chi connectivity index (χ2n) is 18.7. The normalized spacial score (nSPS) is 26.2. The van der Waals surface area contributed by atoms with E-state index in [4.69, 9.17) is 28.4 Å². The fourth-order valence-corrected chi connectivity index (χ4v) is 8.29. The zero-order chi connectivity index (χ0) is 49.5. The van der Waals surface area contributed by atoms with Gasteiger partial charge in [0.05, 0.1) is 26.4 Å². The fourth-order valence-electron chi connectivity index (χ4n) is 8.29. The van der Waals surface area contributed by atoms with E-state index in [1.807, 2.05) is 0 Å². The molecule has 396 valence electrons. The minimum absolute atomic E-state index is 0.0246. The Morgan fingerprint density at radius 1 is 0.500 bits per heavy atom. The number of esters is 1. The maximum absolute atomic E-state index is 13.0. The highest BCUT2D eigenvalue weighted by Crippen LogP contribution is 2.26. The van der Waals surface area contributed by atoms with Crippen molar-refractivity contribution >= 4 is 5.97 Å². The Morgan fingerprint density at radius 2 is 0.941 bits per heavy atom. The monoisotopic (exact) mass is 969 g/mol. The quantitative estimate of drug-likeness (QED) is 0.0174. The maximum atomic E-state index is 13.0. The van der Waals surface area contributed by atoms with Crippen LogP contribution >= 0.6 is 0 Å². The average molecular weight is 969 g/mol. The Bertz CT molecular complexity index is 1310. The average Bonchev–Trinajstić information content (AvgIpc) is 3.33. The predicted molar refractivity (Wildman–Crippen MR) is 266 cm³/mol. The minimum atomic E-state index is -1.72. The van der Waals surface area contributed by atoms with Crippen LogP contribution in [-0.4, -0.2) is 142 Å². The van der Waals surface area contributed by atoms with Crippen LogP contribution in [0.25, 0.3) is 0 Å². The van der Waals surface area contributed by atoms with Gasteiger partial charge in [0.25, 0.3) is 0 Å². The van der Waals surface area contributed by atoms with Gasteiger partial charge in [-0.1, -0.05) is 184 Å². The number of carbonyl (C=O) groups is 1. The SMILES string of the molecule is CC/C=C\C/C=C\C/C=C\C/C=C\CCCOCC(COC1OC(COC2OC(CO)C(O)C(O)C2O)C(O)C(O)C1O)OC(=O)CCCCCCCCCCCCCCCCCCCCCC. The molecule has 2 heterocycles. The Hall–Kier alpha value is -2.05. The molecular weight excluding hydrogens is 873 g/mol. The molecule has 2 fully saturated rings. The Balaban J connectivity index is 1.75. The lowest BCUT2D eigenvalue weighted by Gasteiger charge is -2.42. The predicted octanol–water partition coefficient (Wildman–Crippen LogP) is 8.35. The molecule has 0 bridgehead atoms. The molecule has 0 aliphatic carbocycles. The van der Waals surface area contributed by atoms with Gasteiger partial charge in [0.2, 0.25) is 0 Å². The molecule has 0 spiro atoms. The van der Waals surface area contributed by atoms with Gasteiger partial charge >= 0.3 is 5.97 Å². The molecule has 2 aliphatic rings. The van der Waals surface area contributed by atoms with Crippen LogP contribution in [0.4, 0.5) is 0 Å². The zero-order valence-corrected chi connectivity index (χ0v) is 42.1. The maximum Gasteiger partial charge on any atom is 0.306 e. The lowest BCUT2D eigenvalue weighted by atomic mass is 9.98. The van der Waals surface area contributed by atoms with Crippen LogP contribution in [0.3, 0.4) is 0 Å². The molecule has 7 N–H and O–H groups in total. The van der Waals surface area contributed by atoms with Crippen molar-refractivity contribution in [1.82, 2.24) is 0 Å². The number of allylic oxidation sites excluding steroid dienone is 8. The number of rotatable bonds is 42. The molecule has 11 atom stereocenters. The number of hydrogen-bond acceptors (Lipinski definition) is 14. The standard InChI is InChI=1S/C54H96O14/c1-3-5-7-9-11-13-15-17-19-20-21-22-23-24-25-27-29-31-33-35-37-46(56)66-43(40-63-38-36-34-32-30-28-26-18-16-14-12-10-8-6-4-2)41-64-53-52(62)50(60)48(58)45(68-53)42-65-54-51(61)49(59)47(57)44(39-55)67-54/h6,8,12,14,18,26,30,32,43-45,47-55,57-62H,3-5,7,9-11,13,15-17,19-25,27-29,31,33-42H2,1-2H3/b8-6-,14-12-,26-18-,32-30-. The Morgan fingerprint density at radius 3 is 1.44 bits per heavy atom. The van der Waals surface area contributed by atoms with E-state index in [1.165, 1.54) is 103 Å². The summed E-state index contributed by atoms with van der Waals surface area (Å²) >= 11 is 0. The van der Waals surface area contributed by atoms with Crippen LogP contribution in [0.2, 0.25) is 0 Å². The second kappa shape index (κ2) is 41.6. The topological polar surface area (TPSA) is 214 Å². The van der Waals surface area contributed by atoms with Crippen molar-refractivity contribution in [3.63, 3.8) is 0 Å². The Labute approximate surface area is 410 Å². The van der Waals surface area contributed by atoms with Gasteiger partial charge in [-0.15, -0.1) is 0 Å². The van der Waals surface area contributed by atoms with E-state index in [0.29, 0.717) is 13.0 Å². The third kappa shape index (κ3) is 28.7. The first-order chi connectivity index (χ1) is 33.1. The summed E-state index contributed by atoms with van der Waals surface area (Å²) in [6, 6.07) is 0. The summed E-state index contributed by atoms with van der Waals surface area (Å²) in [5, 5.41) is 72.1. The summed E-state index contributed by atoms with van der Waals surface area (Å²) in [4.78, 5) is 13.0. The molecule has 11 unspecified atom stereocenters. The van der Waals surface area contributed by atoms with Gasteiger partial charge in [-0.05, 0) is 44.9 Å². The van der Waals surface area contributed by atoms with Gasteiger partial charge in [-0.3, -0.25) is 4.79 Å². The first kappa shape index (κ1) is 62.1. The van der Waals surface area contributed by atoms with Crippen molar-refractivity contribution in [2.24, 2.45) is 0 Å². The lowest BCUT2D eigenvalue weighted by Crippen LogP contribution is -2.61. The highest BCUT2D eigenvalue weighted by molar-refractivity contribution is 5.69. The summed E-state index contributed by atoms with van der Waals surface area (Å²) in [6.45, 7) is 3.44. The molecule has 0 aromatic heterocycles. The third-order valence-electron chi connectivity index (χ3n) is 12.6. The van der Waals surface area contributed by atoms with Crippen LogP contribution in [0.5, 0.6) is 0 Å². The summed E-state index contributed by atoms with van der Waals surface area (Å²) in [5.74, 6) is -0.393. The van der Waals surface area contributed by atoms with Gasteiger partial charge in [0.15, 0.2) is 12.6 Å². The molecule has 68 heavy (non-hydrogen) atoms. The van der Waals surface area contributed by atoms with Crippen molar-refractivity contribution in [2.45, 2.75) is 255 Å². The largest absolute Gasteiger partial charge is 0.457 e. The van der Waals surface area contributed by atoms with E-state index in [-0.39, 0.29) is 19.6 Å². The number of hydrogen-bond donors (Lipinski definition) is 7. The van der Waals surface area contributed by atoms with Crippen LogP contribution < -0.4 is 0 Å². The third-order valence-corrected chi connectivity index (χ3v) is 12.6. The van der Waals surface area contributed by atoms with E-state index in [2.05, 4.69) is 62.5 Å². The zero-order valence-electron chi connectivity index (χ0n) is 42.1. The molecule has 2 rings (SSSR count). The molecule has 14 nitrogen and oxygen atoms in total. The summed E-state index contributed by atoms with van der Waals surface area (Å²) in [6.07, 6.45) is 31.9.